The van der Waals surface area contributed by atoms with Crippen LogP contribution >= 0.6 is 0 Å². The second-order valence-corrected chi connectivity index (χ2v) is 18.6. The van der Waals surface area contributed by atoms with Crippen molar-refractivity contribution in [1.29, 1.82) is 0 Å². The smallest absolute Gasteiger partial charge is 0.331 e. The number of carbonyl (C=O) groups excluding carboxylic acids is 2. The molecule has 7 nitrogen and oxygen atoms in total. The summed E-state index contributed by atoms with van der Waals surface area (Å²) in [6.07, 6.45) is 13.6. The third-order valence-corrected chi connectivity index (χ3v) is 14.4. The fourth-order valence-electron chi connectivity index (χ4n) is 6.51. The van der Waals surface area contributed by atoms with Gasteiger partial charge in [0, 0.05) is 6.42 Å². The van der Waals surface area contributed by atoms with Crippen molar-refractivity contribution in [3.8, 4) is 0 Å². The Labute approximate surface area is 297 Å². The molecular weight excluding hydrogens is 633 g/mol. The van der Waals surface area contributed by atoms with E-state index < -0.39 is 31.4 Å². The molecular formula is C41H64O7Si. The molecule has 0 heterocycles. The summed E-state index contributed by atoms with van der Waals surface area (Å²) < 4.78 is 17.9. The maximum Gasteiger partial charge on any atom is 0.331 e. The van der Waals surface area contributed by atoms with Crippen LogP contribution < -0.4 is 10.4 Å². The number of benzene rings is 2. The molecule has 274 valence electrons. The Balaban J connectivity index is 1.86. The van der Waals surface area contributed by atoms with Crippen LogP contribution in [0.3, 0.4) is 0 Å². The molecule has 2 rings (SSSR count). The summed E-state index contributed by atoms with van der Waals surface area (Å²) in [5.74, 6) is -1.68. The highest BCUT2D eigenvalue weighted by Crippen LogP contribution is 2.38. The zero-order valence-corrected chi connectivity index (χ0v) is 32.1. The van der Waals surface area contributed by atoms with Crippen LogP contribution in [-0.2, 0) is 28.3 Å². The lowest BCUT2D eigenvalue weighted by Crippen LogP contribution is -2.68. The van der Waals surface area contributed by atoms with Gasteiger partial charge in [0.05, 0.1) is 19.1 Å². The first-order chi connectivity index (χ1) is 23.6. The van der Waals surface area contributed by atoms with Gasteiger partial charge in [0.1, 0.15) is 6.10 Å². The van der Waals surface area contributed by atoms with Crippen molar-refractivity contribution >= 4 is 36.6 Å². The lowest BCUT2D eigenvalue weighted by Gasteiger charge is -2.44. The number of carbonyl (C=O) groups is 3. The molecule has 8 heteroatoms. The van der Waals surface area contributed by atoms with E-state index in [0.29, 0.717) is 19.4 Å². The molecule has 0 saturated heterocycles. The average Bonchev–Trinajstić information content (AvgIpc) is 3.08. The molecule has 2 aromatic carbocycles. The molecule has 49 heavy (non-hydrogen) atoms. The van der Waals surface area contributed by atoms with E-state index >= 15 is 0 Å². The lowest BCUT2D eigenvalue weighted by molar-refractivity contribution is -0.151. The summed E-state index contributed by atoms with van der Waals surface area (Å²) in [4.78, 5) is 38.1. The number of esters is 2. The van der Waals surface area contributed by atoms with Crippen molar-refractivity contribution < 1.29 is 33.4 Å². The number of hydrogen-bond acceptors (Lipinski definition) is 6. The topological polar surface area (TPSA) is 99.1 Å². The van der Waals surface area contributed by atoms with E-state index in [9.17, 15) is 19.5 Å². The standard InChI is InChI=1S/C41H64O7Si/c1-6-8-10-12-13-17-25-34(24-16-11-9-7-2)40(45)47-33-23-22-32-46-38(42)31-30-37(39(43)44)48-49(41(3,4)5,35-26-18-14-19-27-35)36-28-20-15-21-29-36/h14-15,18-21,26-29,34,37H,6-13,16-17,22-25,30-33H2,1-5H3,(H,43,44). The summed E-state index contributed by atoms with van der Waals surface area (Å²) in [6, 6.07) is 19.7. The second kappa shape index (κ2) is 23.4. The molecule has 0 aliphatic heterocycles. The van der Waals surface area contributed by atoms with Gasteiger partial charge in [-0.1, -0.05) is 159 Å². The highest BCUT2D eigenvalue weighted by Gasteiger charge is 2.52. The van der Waals surface area contributed by atoms with Crippen LogP contribution in [0, 0.1) is 5.92 Å². The number of aliphatic carboxylic acids is 1. The molecule has 2 unspecified atom stereocenters. The van der Waals surface area contributed by atoms with Crippen molar-refractivity contribution in [2.45, 2.75) is 148 Å². The van der Waals surface area contributed by atoms with Crippen molar-refractivity contribution in [2.24, 2.45) is 5.92 Å². The SMILES string of the molecule is CCCCCCCCC(CCCCCC)C(=O)OCCCCOC(=O)CCC(O[Si](c1ccccc1)(c1ccccc1)C(C)(C)C)C(=O)O. The minimum Gasteiger partial charge on any atom is -0.479 e. The van der Waals surface area contributed by atoms with E-state index in [-0.39, 0.29) is 31.3 Å². The molecule has 0 amide bonds. The van der Waals surface area contributed by atoms with Gasteiger partial charge in [-0.05, 0) is 47.5 Å². The summed E-state index contributed by atoms with van der Waals surface area (Å²) >= 11 is 0. The van der Waals surface area contributed by atoms with Crippen LogP contribution in [0.15, 0.2) is 60.7 Å². The number of carboxylic acids is 1. The van der Waals surface area contributed by atoms with Gasteiger partial charge in [0.2, 0.25) is 0 Å². The minimum atomic E-state index is -3.11. The van der Waals surface area contributed by atoms with Gasteiger partial charge in [-0.25, -0.2) is 4.79 Å². The van der Waals surface area contributed by atoms with Crippen LogP contribution in [0.2, 0.25) is 5.04 Å². The maximum absolute atomic E-state index is 12.9. The molecule has 2 aromatic rings. The Kier molecular flexibility index (Phi) is 20.2. The normalized spacial score (nSPS) is 13.1. The van der Waals surface area contributed by atoms with E-state index in [2.05, 4.69) is 34.6 Å². The maximum atomic E-state index is 12.9. The predicted octanol–water partition coefficient (Wildman–Crippen LogP) is 9.00. The number of rotatable bonds is 26. The number of carboxylic acid groups (broad SMARTS) is 1. The number of hydrogen-bond donors (Lipinski definition) is 1. The fourth-order valence-corrected chi connectivity index (χ4v) is 11.2. The van der Waals surface area contributed by atoms with Crippen molar-refractivity contribution in [2.75, 3.05) is 13.2 Å². The monoisotopic (exact) mass is 696 g/mol. The quantitative estimate of drug-likeness (QED) is 0.0596. The van der Waals surface area contributed by atoms with Gasteiger partial charge in [-0.15, -0.1) is 0 Å². The van der Waals surface area contributed by atoms with Crippen LogP contribution in [0.25, 0.3) is 0 Å². The highest BCUT2D eigenvalue weighted by molar-refractivity contribution is 6.99. The van der Waals surface area contributed by atoms with Gasteiger partial charge in [-0.2, -0.15) is 0 Å². The Morgan fingerprint density at radius 2 is 1.12 bits per heavy atom. The van der Waals surface area contributed by atoms with E-state index in [1.165, 1.54) is 44.9 Å². The first kappa shape index (κ1) is 42.2. The summed E-state index contributed by atoms with van der Waals surface area (Å²) in [5.41, 5.74) is 0. The van der Waals surface area contributed by atoms with Gasteiger partial charge < -0.3 is 19.0 Å². The van der Waals surface area contributed by atoms with Crippen molar-refractivity contribution in [1.82, 2.24) is 0 Å². The average molecular weight is 697 g/mol. The summed E-state index contributed by atoms with van der Waals surface area (Å²) in [6.45, 7) is 11.2. The lowest BCUT2D eigenvalue weighted by atomic mass is 9.94. The van der Waals surface area contributed by atoms with Gasteiger partial charge in [0.15, 0.2) is 0 Å². The predicted molar refractivity (Wildman–Crippen MR) is 201 cm³/mol. The van der Waals surface area contributed by atoms with Gasteiger partial charge in [-0.3, -0.25) is 9.59 Å². The summed E-state index contributed by atoms with van der Waals surface area (Å²) in [5, 5.41) is 11.8. The zero-order valence-electron chi connectivity index (χ0n) is 31.1. The third-order valence-electron chi connectivity index (χ3n) is 9.31. The molecule has 0 bridgehead atoms. The Morgan fingerprint density at radius 3 is 1.61 bits per heavy atom. The van der Waals surface area contributed by atoms with E-state index in [1.807, 2.05) is 60.7 Å². The molecule has 0 saturated carbocycles. The van der Waals surface area contributed by atoms with Crippen LogP contribution in [-0.4, -0.2) is 50.6 Å². The molecule has 0 radical (unpaired) electrons. The first-order valence-electron chi connectivity index (χ1n) is 18.9. The Bertz CT molecular complexity index is 1160. The molecule has 0 spiro atoms. The first-order valence-corrected chi connectivity index (χ1v) is 20.8. The molecule has 0 aromatic heterocycles. The highest BCUT2D eigenvalue weighted by atomic mass is 28.4. The molecule has 0 aliphatic rings. The molecule has 0 aliphatic carbocycles. The largest absolute Gasteiger partial charge is 0.479 e. The minimum absolute atomic E-state index is 0.00846. The fraction of sp³-hybridized carbons (Fsp3) is 0.634. The zero-order chi connectivity index (χ0) is 36.0. The Morgan fingerprint density at radius 1 is 0.653 bits per heavy atom. The third kappa shape index (κ3) is 14.8. The van der Waals surface area contributed by atoms with Crippen molar-refractivity contribution in [3.05, 3.63) is 60.7 Å². The molecule has 1 N–H and O–H groups in total. The molecule has 2 atom stereocenters. The molecule has 0 fully saturated rings. The van der Waals surface area contributed by atoms with Crippen molar-refractivity contribution in [3.63, 3.8) is 0 Å². The van der Waals surface area contributed by atoms with Crippen LogP contribution in [0.4, 0.5) is 0 Å². The van der Waals surface area contributed by atoms with E-state index in [1.54, 1.807) is 0 Å². The van der Waals surface area contributed by atoms with E-state index in [0.717, 1.165) is 42.5 Å². The van der Waals surface area contributed by atoms with Gasteiger partial charge >= 0.3 is 17.9 Å². The summed E-state index contributed by atoms with van der Waals surface area (Å²) in [7, 11) is -3.11. The Hall–Kier alpha value is -2.97. The number of unbranched alkanes of at least 4 members (excludes halogenated alkanes) is 9. The van der Waals surface area contributed by atoms with Crippen LogP contribution in [0.1, 0.15) is 137 Å². The van der Waals surface area contributed by atoms with Crippen LogP contribution in [0.5, 0.6) is 0 Å². The van der Waals surface area contributed by atoms with Gasteiger partial charge in [0.25, 0.3) is 8.32 Å². The van der Waals surface area contributed by atoms with E-state index in [4.69, 9.17) is 13.9 Å². The number of ether oxygens (including phenoxy) is 2. The second-order valence-electron chi connectivity index (χ2n) is 14.3.